The van der Waals surface area contributed by atoms with E-state index in [2.05, 4.69) is 0 Å². The molecule has 0 aliphatic carbocycles. The highest BCUT2D eigenvalue weighted by atomic mass is 16.3. The smallest absolute Gasteiger partial charge is 0.232 e. The number of rotatable bonds is 2. The Labute approximate surface area is 83.9 Å². The fourth-order valence-electron chi connectivity index (χ4n) is 1.92. The molecule has 1 aliphatic heterocycles. The molecule has 1 aliphatic rings. The summed E-state index contributed by atoms with van der Waals surface area (Å²) in [6.07, 6.45) is 0.0671. The Morgan fingerprint density at radius 3 is 2.64 bits per heavy atom. The third kappa shape index (κ3) is 2.12. The van der Waals surface area contributed by atoms with Crippen LogP contribution in [-0.2, 0) is 9.59 Å². The van der Waals surface area contributed by atoms with Gasteiger partial charge in [-0.05, 0) is 12.3 Å². The van der Waals surface area contributed by atoms with Crippen molar-refractivity contribution in [1.29, 1.82) is 0 Å². The molecule has 0 radical (unpaired) electrons. The van der Waals surface area contributed by atoms with Crippen LogP contribution < -0.4 is 0 Å². The SMILES string of the molecule is CC(=O)N1C(=O)C[C@H](O)[C@@H]1CC(C)C. The summed E-state index contributed by atoms with van der Waals surface area (Å²) < 4.78 is 0. The Morgan fingerprint density at radius 2 is 2.21 bits per heavy atom. The maximum absolute atomic E-state index is 11.4. The van der Waals surface area contributed by atoms with Crippen molar-refractivity contribution in [2.24, 2.45) is 5.92 Å². The largest absolute Gasteiger partial charge is 0.390 e. The summed E-state index contributed by atoms with van der Waals surface area (Å²) in [5.41, 5.74) is 0. The van der Waals surface area contributed by atoms with Crippen LogP contribution in [0.1, 0.15) is 33.6 Å². The number of hydrogen-bond acceptors (Lipinski definition) is 3. The average Bonchev–Trinajstić information content (AvgIpc) is 2.25. The quantitative estimate of drug-likeness (QED) is 0.706. The lowest BCUT2D eigenvalue weighted by molar-refractivity contribution is -0.142. The fourth-order valence-corrected chi connectivity index (χ4v) is 1.92. The van der Waals surface area contributed by atoms with Crippen LogP contribution in [0, 0.1) is 5.92 Å². The molecular formula is C10H17NO3. The summed E-state index contributed by atoms with van der Waals surface area (Å²) in [5, 5.41) is 9.61. The van der Waals surface area contributed by atoms with Crippen molar-refractivity contribution in [3.05, 3.63) is 0 Å². The zero-order valence-corrected chi connectivity index (χ0v) is 8.86. The summed E-state index contributed by atoms with van der Waals surface area (Å²) in [6.45, 7) is 5.38. The lowest BCUT2D eigenvalue weighted by Gasteiger charge is -2.24. The lowest BCUT2D eigenvalue weighted by atomic mass is 10.00. The fraction of sp³-hybridized carbons (Fsp3) is 0.800. The number of amides is 2. The van der Waals surface area contributed by atoms with E-state index in [0.717, 1.165) is 0 Å². The molecule has 4 nitrogen and oxygen atoms in total. The van der Waals surface area contributed by atoms with Crippen LogP contribution >= 0.6 is 0 Å². The molecule has 1 fully saturated rings. The zero-order valence-electron chi connectivity index (χ0n) is 8.86. The van der Waals surface area contributed by atoms with E-state index in [1.165, 1.54) is 11.8 Å². The summed E-state index contributed by atoms with van der Waals surface area (Å²) >= 11 is 0. The van der Waals surface area contributed by atoms with Gasteiger partial charge in [0, 0.05) is 6.92 Å². The molecule has 0 spiro atoms. The van der Waals surface area contributed by atoms with Crippen LogP contribution in [-0.4, -0.2) is 34.0 Å². The van der Waals surface area contributed by atoms with Crippen molar-refractivity contribution < 1.29 is 14.7 Å². The van der Waals surface area contributed by atoms with Gasteiger partial charge in [-0.3, -0.25) is 14.5 Å². The van der Waals surface area contributed by atoms with Crippen molar-refractivity contribution in [3.63, 3.8) is 0 Å². The van der Waals surface area contributed by atoms with E-state index >= 15 is 0 Å². The summed E-state index contributed by atoms with van der Waals surface area (Å²) in [7, 11) is 0. The van der Waals surface area contributed by atoms with Gasteiger partial charge in [0.25, 0.3) is 0 Å². The van der Waals surface area contributed by atoms with E-state index in [1.54, 1.807) is 0 Å². The van der Waals surface area contributed by atoms with Crippen LogP contribution in [0.25, 0.3) is 0 Å². The molecule has 0 bridgehead atoms. The second-order valence-corrected chi connectivity index (χ2v) is 4.25. The van der Waals surface area contributed by atoms with Gasteiger partial charge < -0.3 is 5.11 Å². The average molecular weight is 199 g/mol. The molecule has 0 unspecified atom stereocenters. The number of imide groups is 1. The van der Waals surface area contributed by atoms with Crippen LogP contribution in [0.2, 0.25) is 0 Å². The first-order valence-corrected chi connectivity index (χ1v) is 4.94. The molecule has 1 saturated heterocycles. The molecule has 4 heteroatoms. The lowest BCUT2D eigenvalue weighted by Crippen LogP contribution is -2.41. The van der Waals surface area contributed by atoms with Crippen molar-refractivity contribution in [3.8, 4) is 0 Å². The number of hydrogen-bond donors (Lipinski definition) is 1. The highest BCUT2D eigenvalue weighted by Gasteiger charge is 2.40. The van der Waals surface area contributed by atoms with Crippen molar-refractivity contribution in [1.82, 2.24) is 4.90 Å². The van der Waals surface area contributed by atoms with Gasteiger partial charge >= 0.3 is 0 Å². The van der Waals surface area contributed by atoms with Crippen LogP contribution in [0.4, 0.5) is 0 Å². The molecule has 80 valence electrons. The summed E-state index contributed by atoms with van der Waals surface area (Å²) in [4.78, 5) is 23.8. The van der Waals surface area contributed by atoms with E-state index in [0.29, 0.717) is 12.3 Å². The van der Waals surface area contributed by atoms with Gasteiger partial charge in [0.1, 0.15) is 0 Å². The van der Waals surface area contributed by atoms with Crippen LogP contribution in [0.3, 0.4) is 0 Å². The molecule has 1 rings (SSSR count). The summed E-state index contributed by atoms with van der Waals surface area (Å²) in [5.74, 6) is -0.157. The van der Waals surface area contributed by atoms with E-state index in [1.807, 2.05) is 13.8 Å². The molecule has 0 aromatic rings. The highest BCUT2D eigenvalue weighted by Crippen LogP contribution is 2.24. The first-order chi connectivity index (χ1) is 6.43. The van der Waals surface area contributed by atoms with Gasteiger partial charge in [-0.15, -0.1) is 0 Å². The maximum Gasteiger partial charge on any atom is 0.232 e. The predicted octanol–water partition coefficient (Wildman–Crippen LogP) is 0.541. The van der Waals surface area contributed by atoms with Gasteiger partial charge in [-0.1, -0.05) is 13.8 Å². The van der Waals surface area contributed by atoms with Crippen molar-refractivity contribution in [2.45, 2.75) is 45.8 Å². The topological polar surface area (TPSA) is 57.6 Å². The first kappa shape index (κ1) is 11.2. The van der Waals surface area contributed by atoms with Crippen LogP contribution in [0.15, 0.2) is 0 Å². The number of aliphatic hydroxyl groups excluding tert-OH is 1. The number of carbonyl (C=O) groups excluding carboxylic acids is 2. The monoisotopic (exact) mass is 199 g/mol. The Hall–Kier alpha value is -0.900. The Kier molecular flexibility index (Phi) is 3.26. The molecular weight excluding hydrogens is 182 g/mol. The minimum absolute atomic E-state index is 0.0803. The normalized spacial score (nSPS) is 27.5. The molecule has 0 aromatic heterocycles. The molecule has 0 saturated carbocycles. The van der Waals surface area contributed by atoms with Crippen molar-refractivity contribution in [2.75, 3.05) is 0 Å². The van der Waals surface area contributed by atoms with E-state index in [4.69, 9.17) is 0 Å². The molecule has 1 heterocycles. The minimum atomic E-state index is -0.686. The zero-order chi connectivity index (χ0) is 10.9. The van der Waals surface area contributed by atoms with Gasteiger partial charge in [-0.2, -0.15) is 0 Å². The standard InChI is InChI=1S/C10H17NO3/c1-6(2)4-8-9(13)5-10(14)11(8)7(3)12/h6,8-9,13H,4-5H2,1-3H3/t8-,9-/m0/s1. The van der Waals surface area contributed by atoms with Gasteiger partial charge in [0.15, 0.2) is 0 Å². The third-order valence-corrected chi connectivity index (χ3v) is 2.48. The van der Waals surface area contributed by atoms with Gasteiger partial charge in [-0.25, -0.2) is 0 Å². The van der Waals surface area contributed by atoms with E-state index in [-0.39, 0.29) is 24.3 Å². The predicted molar refractivity (Wildman–Crippen MR) is 51.4 cm³/mol. The Morgan fingerprint density at radius 1 is 1.64 bits per heavy atom. The Bertz CT molecular complexity index is 250. The van der Waals surface area contributed by atoms with Gasteiger partial charge in [0.05, 0.1) is 18.6 Å². The molecule has 2 amide bonds. The molecule has 2 atom stereocenters. The molecule has 0 aromatic carbocycles. The molecule has 14 heavy (non-hydrogen) atoms. The number of likely N-dealkylation sites (tertiary alicyclic amines) is 1. The number of carbonyl (C=O) groups is 2. The van der Waals surface area contributed by atoms with Gasteiger partial charge in [0.2, 0.25) is 11.8 Å². The van der Waals surface area contributed by atoms with E-state index < -0.39 is 6.10 Å². The second kappa shape index (κ2) is 4.09. The Balaban J connectivity index is 2.78. The number of nitrogens with zero attached hydrogens (tertiary/aromatic N) is 1. The van der Waals surface area contributed by atoms with Crippen LogP contribution in [0.5, 0.6) is 0 Å². The second-order valence-electron chi connectivity index (χ2n) is 4.25. The van der Waals surface area contributed by atoms with E-state index in [9.17, 15) is 14.7 Å². The minimum Gasteiger partial charge on any atom is -0.390 e. The maximum atomic E-state index is 11.4. The van der Waals surface area contributed by atoms with Crippen molar-refractivity contribution >= 4 is 11.8 Å². The summed E-state index contributed by atoms with van der Waals surface area (Å²) in [6, 6.07) is -0.319. The first-order valence-electron chi connectivity index (χ1n) is 4.94. The highest BCUT2D eigenvalue weighted by molar-refractivity contribution is 5.96. The molecule has 1 N–H and O–H groups in total. The number of aliphatic hydroxyl groups is 1. The third-order valence-electron chi connectivity index (χ3n) is 2.48.